The number of hydrogen-bond acceptors (Lipinski definition) is 2. The Morgan fingerprint density at radius 2 is 1.78 bits per heavy atom. The summed E-state index contributed by atoms with van der Waals surface area (Å²) in [5.74, 6) is -1.10. The van der Waals surface area contributed by atoms with E-state index in [1.807, 2.05) is 32.0 Å². The van der Waals surface area contributed by atoms with Crippen LogP contribution in [0.1, 0.15) is 29.7 Å². The maximum Gasteiger partial charge on any atom is 0.258 e. The summed E-state index contributed by atoms with van der Waals surface area (Å²) in [5, 5.41) is 2.63. The molecule has 2 rings (SSSR count). The molecule has 1 amide bonds. The molecule has 2 aromatic rings. The first-order valence-corrected chi connectivity index (χ1v) is 7.30. The van der Waals surface area contributed by atoms with Gasteiger partial charge in [-0.2, -0.15) is 0 Å². The number of nitrogens with one attached hydrogen (secondary N) is 1. The van der Waals surface area contributed by atoms with Crippen LogP contribution in [0.4, 0.5) is 8.78 Å². The van der Waals surface area contributed by atoms with Gasteiger partial charge in [0.05, 0.1) is 6.04 Å². The van der Waals surface area contributed by atoms with Gasteiger partial charge < -0.3 is 10.1 Å². The SMILES string of the molecule is Cc1cc(C)cc(OCC(=O)N[C@@H](C)c2ccc(F)cc2F)c1. The average molecular weight is 319 g/mol. The number of benzene rings is 2. The molecule has 5 heteroatoms. The van der Waals surface area contributed by atoms with Crippen molar-refractivity contribution in [3.05, 3.63) is 64.7 Å². The third kappa shape index (κ3) is 4.77. The molecule has 1 atom stereocenters. The van der Waals surface area contributed by atoms with E-state index in [1.165, 1.54) is 6.07 Å². The van der Waals surface area contributed by atoms with E-state index in [-0.39, 0.29) is 18.1 Å². The monoisotopic (exact) mass is 319 g/mol. The fraction of sp³-hybridized carbons (Fsp3) is 0.278. The van der Waals surface area contributed by atoms with Crippen LogP contribution >= 0.6 is 0 Å². The van der Waals surface area contributed by atoms with E-state index in [4.69, 9.17) is 4.74 Å². The largest absolute Gasteiger partial charge is 0.484 e. The van der Waals surface area contributed by atoms with Crippen molar-refractivity contribution in [1.29, 1.82) is 0 Å². The van der Waals surface area contributed by atoms with Gasteiger partial charge in [0.2, 0.25) is 0 Å². The molecule has 0 aliphatic heterocycles. The summed E-state index contributed by atoms with van der Waals surface area (Å²) < 4.78 is 32.0. The Labute approximate surface area is 134 Å². The number of ether oxygens (including phenoxy) is 1. The van der Waals surface area contributed by atoms with Gasteiger partial charge in [0.1, 0.15) is 17.4 Å². The molecule has 0 spiro atoms. The van der Waals surface area contributed by atoms with E-state index in [0.717, 1.165) is 23.3 Å². The molecule has 122 valence electrons. The molecule has 2 aromatic carbocycles. The maximum absolute atomic E-state index is 13.7. The molecule has 0 unspecified atom stereocenters. The maximum atomic E-state index is 13.7. The number of aryl methyl sites for hydroxylation is 2. The molecule has 0 aliphatic carbocycles. The molecule has 0 bridgehead atoms. The first kappa shape index (κ1) is 16.9. The van der Waals surface area contributed by atoms with Crippen molar-refractivity contribution in [1.82, 2.24) is 5.32 Å². The molecule has 0 aliphatic rings. The summed E-state index contributed by atoms with van der Waals surface area (Å²) in [6.45, 7) is 5.35. The first-order chi connectivity index (χ1) is 10.8. The summed E-state index contributed by atoms with van der Waals surface area (Å²) in [5.41, 5.74) is 2.32. The van der Waals surface area contributed by atoms with Crippen molar-refractivity contribution in [2.75, 3.05) is 6.61 Å². The average Bonchev–Trinajstić information content (AvgIpc) is 2.44. The second-order valence-electron chi connectivity index (χ2n) is 5.57. The number of amides is 1. The minimum atomic E-state index is -0.687. The van der Waals surface area contributed by atoms with Crippen LogP contribution in [0.15, 0.2) is 36.4 Å². The van der Waals surface area contributed by atoms with Gasteiger partial charge in [0.25, 0.3) is 5.91 Å². The minimum Gasteiger partial charge on any atom is -0.484 e. The normalized spacial score (nSPS) is 11.9. The number of hydrogen-bond donors (Lipinski definition) is 1. The lowest BCUT2D eigenvalue weighted by Gasteiger charge is -2.15. The van der Waals surface area contributed by atoms with Gasteiger partial charge in [-0.1, -0.05) is 12.1 Å². The van der Waals surface area contributed by atoms with E-state index >= 15 is 0 Å². The van der Waals surface area contributed by atoms with Crippen LogP contribution in [0, 0.1) is 25.5 Å². The molecule has 1 N–H and O–H groups in total. The van der Waals surface area contributed by atoms with E-state index in [9.17, 15) is 13.6 Å². The molecule has 0 radical (unpaired) electrons. The van der Waals surface area contributed by atoms with E-state index in [0.29, 0.717) is 5.75 Å². The van der Waals surface area contributed by atoms with Crippen molar-refractivity contribution in [3.63, 3.8) is 0 Å². The Kier molecular flexibility index (Phi) is 5.32. The molecule has 0 fully saturated rings. The quantitative estimate of drug-likeness (QED) is 0.909. The molecule has 0 saturated carbocycles. The molecule has 0 saturated heterocycles. The van der Waals surface area contributed by atoms with Crippen molar-refractivity contribution in [2.24, 2.45) is 0 Å². The molecule has 0 heterocycles. The lowest BCUT2D eigenvalue weighted by atomic mass is 10.1. The molecular weight excluding hydrogens is 300 g/mol. The third-order valence-corrected chi connectivity index (χ3v) is 3.37. The third-order valence-electron chi connectivity index (χ3n) is 3.37. The molecule has 23 heavy (non-hydrogen) atoms. The van der Waals surface area contributed by atoms with Crippen LogP contribution in [0.25, 0.3) is 0 Å². The topological polar surface area (TPSA) is 38.3 Å². The van der Waals surface area contributed by atoms with Gasteiger partial charge in [0, 0.05) is 11.6 Å². The Morgan fingerprint density at radius 3 is 2.39 bits per heavy atom. The predicted molar refractivity (Wildman–Crippen MR) is 84.3 cm³/mol. The van der Waals surface area contributed by atoms with Crippen LogP contribution in [0.5, 0.6) is 5.75 Å². The second-order valence-corrected chi connectivity index (χ2v) is 5.57. The fourth-order valence-corrected chi connectivity index (χ4v) is 2.38. The highest BCUT2D eigenvalue weighted by Crippen LogP contribution is 2.18. The summed E-state index contributed by atoms with van der Waals surface area (Å²) in [6.07, 6.45) is 0. The lowest BCUT2D eigenvalue weighted by Crippen LogP contribution is -2.31. The van der Waals surface area contributed by atoms with Crippen molar-refractivity contribution < 1.29 is 18.3 Å². The predicted octanol–water partition coefficient (Wildman–Crippen LogP) is 3.84. The van der Waals surface area contributed by atoms with Crippen molar-refractivity contribution in [2.45, 2.75) is 26.8 Å². The van der Waals surface area contributed by atoms with E-state index < -0.39 is 17.7 Å². The highest BCUT2D eigenvalue weighted by molar-refractivity contribution is 5.78. The number of halogens is 2. The van der Waals surface area contributed by atoms with Crippen LogP contribution in [0.3, 0.4) is 0 Å². The van der Waals surface area contributed by atoms with Gasteiger partial charge >= 0.3 is 0 Å². The zero-order chi connectivity index (χ0) is 17.0. The van der Waals surface area contributed by atoms with Crippen LogP contribution in [0.2, 0.25) is 0 Å². The number of carbonyl (C=O) groups is 1. The number of rotatable bonds is 5. The summed E-state index contributed by atoms with van der Waals surface area (Å²) in [4.78, 5) is 11.9. The molecule has 0 aromatic heterocycles. The van der Waals surface area contributed by atoms with Gasteiger partial charge in [-0.25, -0.2) is 8.78 Å². The second kappa shape index (κ2) is 7.22. The highest BCUT2D eigenvalue weighted by atomic mass is 19.1. The molecular formula is C18H19F2NO2. The smallest absolute Gasteiger partial charge is 0.258 e. The Hall–Kier alpha value is -2.43. The Bertz CT molecular complexity index is 696. The first-order valence-electron chi connectivity index (χ1n) is 7.30. The van der Waals surface area contributed by atoms with Crippen molar-refractivity contribution in [3.8, 4) is 5.75 Å². The lowest BCUT2D eigenvalue weighted by molar-refractivity contribution is -0.123. The zero-order valence-corrected chi connectivity index (χ0v) is 13.3. The fourth-order valence-electron chi connectivity index (χ4n) is 2.38. The summed E-state index contributed by atoms with van der Waals surface area (Å²) >= 11 is 0. The van der Waals surface area contributed by atoms with Gasteiger partial charge in [0.15, 0.2) is 6.61 Å². The molecule has 3 nitrogen and oxygen atoms in total. The van der Waals surface area contributed by atoms with Crippen LogP contribution in [-0.4, -0.2) is 12.5 Å². The summed E-state index contributed by atoms with van der Waals surface area (Å²) in [6, 6.07) is 8.38. The van der Waals surface area contributed by atoms with Crippen molar-refractivity contribution >= 4 is 5.91 Å². The number of carbonyl (C=O) groups excluding carboxylic acids is 1. The van der Waals surface area contributed by atoms with E-state index in [1.54, 1.807) is 6.92 Å². The summed E-state index contributed by atoms with van der Waals surface area (Å²) in [7, 11) is 0. The Balaban J connectivity index is 1.93. The van der Waals surface area contributed by atoms with E-state index in [2.05, 4.69) is 5.32 Å². The van der Waals surface area contributed by atoms with Gasteiger partial charge in [-0.05, 0) is 50.1 Å². The van der Waals surface area contributed by atoms with Gasteiger partial charge in [-0.15, -0.1) is 0 Å². The van der Waals surface area contributed by atoms with Crippen LogP contribution < -0.4 is 10.1 Å². The Morgan fingerprint density at radius 1 is 1.13 bits per heavy atom. The standard InChI is InChI=1S/C18H19F2NO2/c1-11-6-12(2)8-15(7-11)23-10-18(22)21-13(3)16-5-4-14(19)9-17(16)20/h4-9,13H,10H2,1-3H3,(H,21,22)/t13-/m0/s1. The zero-order valence-electron chi connectivity index (χ0n) is 13.3. The van der Waals surface area contributed by atoms with Gasteiger partial charge in [-0.3, -0.25) is 4.79 Å². The highest BCUT2D eigenvalue weighted by Gasteiger charge is 2.14. The minimum absolute atomic E-state index is 0.171. The van der Waals surface area contributed by atoms with Crippen LogP contribution in [-0.2, 0) is 4.79 Å².